The number of hydrogen-bond acceptors (Lipinski definition) is 3. The molecule has 0 spiro atoms. The Labute approximate surface area is 124 Å². The highest BCUT2D eigenvalue weighted by atomic mass is 32.3. The van der Waals surface area contributed by atoms with Crippen LogP contribution in [-0.4, -0.2) is 44.3 Å². The predicted octanol–water partition coefficient (Wildman–Crippen LogP) is 3.37. The summed E-state index contributed by atoms with van der Waals surface area (Å²) in [5, 5.41) is 0. The third-order valence-electron chi connectivity index (χ3n) is 3.83. The zero-order valence-electron chi connectivity index (χ0n) is 13.5. The van der Waals surface area contributed by atoms with Crippen molar-refractivity contribution in [3.05, 3.63) is 0 Å². The predicted molar refractivity (Wildman–Crippen MR) is 81.7 cm³/mol. The molecular weight excluding hydrogens is 278 g/mol. The summed E-state index contributed by atoms with van der Waals surface area (Å²) in [5.41, 5.74) is 0. The Hall–Kier alpha value is -0.170. The molecule has 20 heavy (non-hydrogen) atoms. The van der Waals surface area contributed by atoms with Gasteiger partial charge >= 0.3 is 10.4 Å². The van der Waals surface area contributed by atoms with Crippen LogP contribution in [0.1, 0.15) is 65.2 Å². The van der Waals surface area contributed by atoms with Crippen molar-refractivity contribution >= 4 is 10.4 Å². The van der Waals surface area contributed by atoms with E-state index in [4.69, 9.17) is 4.55 Å². The Bertz CT molecular complexity index is 341. The van der Waals surface area contributed by atoms with E-state index in [0.717, 1.165) is 19.4 Å². The van der Waals surface area contributed by atoms with Crippen molar-refractivity contribution in [1.82, 2.24) is 0 Å². The van der Waals surface area contributed by atoms with E-state index in [1.807, 2.05) is 14.1 Å². The molecule has 0 bridgehead atoms. The van der Waals surface area contributed by atoms with E-state index in [1.54, 1.807) is 6.92 Å². The average molecular weight is 310 g/mol. The second-order valence-corrected chi connectivity index (χ2v) is 7.15. The normalized spacial score (nSPS) is 14.4. The molecule has 0 saturated heterocycles. The van der Waals surface area contributed by atoms with E-state index in [9.17, 15) is 8.42 Å². The molecule has 0 aliphatic heterocycles. The third-order valence-corrected chi connectivity index (χ3v) is 4.35. The summed E-state index contributed by atoms with van der Waals surface area (Å²) in [6.45, 7) is 4.72. The van der Waals surface area contributed by atoms with Crippen LogP contribution in [-0.2, 0) is 14.6 Å². The van der Waals surface area contributed by atoms with Crippen molar-refractivity contribution in [2.75, 3.05) is 20.6 Å². The van der Waals surface area contributed by atoms with Gasteiger partial charge < -0.3 is 4.48 Å². The minimum absolute atomic E-state index is 0.426. The van der Waals surface area contributed by atoms with Gasteiger partial charge in [-0.15, -0.1) is 0 Å². The van der Waals surface area contributed by atoms with Gasteiger partial charge in [0.15, 0.2) is 0 Å². The van der Waals surface area contributed by atoms with Crippen LogP contribution in [0.25, 0.3) is 0 Å². The first-order valence-corrected chi connectivity index (χ1v) is 9.04. The van der Waals surface area contributed by atoms with Gasteiger partial charge in [-0.1, -0.05) is 45.4 Å². The van der Waals surface area contributed by atoms with Crippen LogP contribution in [0.2, 0.25) is 0 Å². The fourth-order valence-electron chi connectivity index (χ4n) is 2.13. The van der Waals surface area contributed by atoms with Crippen molar-refractivity contribution < 1.29 is 21.6 Å². The number of unbranched alkanes of at least 4 members (excludes halogenated alkanes) is 7. The molecule has 0 rings (SSSR count). The molecule has 0 saturated carbocycles. The lowest BCUT2D eigenvalue weighted by Crippen LogP contribution is -2.49. The molecule has 6 heteroatoms. The van der Waals surface area contributed by atoms with Gasteiger partial charge in [-0.3, -0.25) is 4.55 Å². The van der Waals surface area contributed by atoms with Crippen molar-refractivity contribution in [3.63, 3.8) is 0 Å². The Morgan fingerprint density at radius 1 is 1.00 bits per heavy atom. The van der Waals surface area contributed by atoms with Gasteiger partial charge in [-0.2, -0.15) is 12.6 Å². The fraction of sp³-hybridized carbons (Fsp3) is 1.00. The summed E-state index contributed by atoms with van der Waals surface area (Å²) in [7, 11) is -0.543. The summed E-state index contributed by atoms with van der Waals surface area (Å²) >= 11 is 0. The largest absolute Gasteiger partial charge is 0.402 e. The second-order valence-electron chi connectivity index (χ2n) is 6.10. The highest BCUT2D eigenvalue weighted by Crippen LogP contribution is 2.14. The van der Waals surface area contributed by atoms with E-state index in [1.165, 1.54) is 38.5 Å². The number of hydrogen-bond donors (Lipinski definition) is 1. The first-order valence-electron chi connectivity index (χ1n) is 7.67. The van der Waals surface area contributed by atoms with Crippen molar-refractivity contribution in [2.45, 2.75) is 71.4 Å². The van der Waals surface area contributed by atoms with E-state index in [2.05, 4.69) is 11.1 Å². The number of quaternary nitrogens is 1. The first kappa shape index (κ1) is 19.8. The highest BCUT2D eigenvalue weighted by molar-refractivity contribution is 7.80. The lowest BCUT2D eigenvalue weighted by molar-refractivity contribution is -0.931. The van der Waals surface area contributed by atoms with Gasteiger partial charge in [-0.25, -0.2) is 0 Å². The lowest BCUT2D eigenvalue weighted by atomic mass is 10.1. The van der Waals surface area contributed by atoms with Gasteiger partial charge in [-0.05, 0) is 12.8 Å². The molecule has 5 nitrogen and oxygen atoms in total. The molecule has 1 unspecified atom stereocenters. The minimum atomic E-state index is -4.37. The monoisotopic (exact) mass is 310 g/mol. The molecule has 0 fully saturated rings. The van der Waals surface area contributed by atoms with Gasteiger partial charge in [0.25, 0.3) is 0 Å². The van der Waals surface area contributed by atoms with Gasteiger partial charge in [0.1, 0.15) is 0 Å². The fourth-order valence-corrected chi connectivity index (χ4v) is 2.71. The van der Waals surface area contributed by atoms with E-state index in [0.29, 0.717) is 4.48 Å². The Morgan fingerprint density at radius 3 is 1.90 bits per heavy atom. The molecule has 0 radical (unpaired) electrons. The quantitative estimate of drug-likeness (QED) is 0.260. The topological polar surface area (TPSA) is 63.6 Å². The molecule has 0 aliphatic rings. The van der Waals surface area contributed by atoms with Crippen LogP contribution in [0, 0.1) is 0 Å². The lowest BCUT2D eigenvalue weighted by Gasteiger charge is -2.34. The van der Waals surface area contributed by atoms with Crippen LogP contribution < -0.4 is 0 Å². The van der Waals surface area contributed by atoms with Gasteiger partial charge in [0.2, 0.25) is 6.23 Å². The van der Waals surface area contributed by atoms with Crippen LogP contribution >= 0.6 is 0 Å². The Morgan fingerprint density at radius 2 is 1.45 bits per heavy atom. The minimum Gasteiger partial charge on any atom is -0.303 e. The molecule has 1 N–H and O–H groups in total. The third kappa shape index (κ3) is 10.6. The molecule has 0 aromatic carbocycles. The molecule has 0 heterocycles. The number of rotatable bonds is 12. The van der Waals surface area contributed by atoms with Crippen LogP contribution in [0.3, 0.4) is 0 Å². The van der Waals surface area contributed by atoms with E-state index in [-0.39, 0.29) is 0 Å². The SMILES string of the molecule is CCCCCCCCCC[N+](C)(C)C(C)OS(=O)(=O)O. The molecule has 0 amide bonds. The van der Waals surface area contributed by atoms with Gasteiger partial charge in [0.05, 0.1) is 20.6 Å². The average Bonchev–Trinajstić information content (AvgIpc) is 2.30. The maximum absolute atomic E-state index is 10.7. The van der Waals surface area contributed by atoms with Crippen molar-refractivity contribution in [2.24, 2.45) is 0 Å². The summed E-state index contributed by atoms with van der Waals surface area (Å²) in [5.74, 6) is 0. The Kier molecular flexibility index (Phi) is 9.63. The highest BCUT2D eigenvalue weighted by Gasteiger charge is 2.28. The number of nitrogens with zero attached hydrogens (tertiary/aromatic N) is 1. The zero-order valence-corrected chi connectivity index (χ0v) is 14.3. The Balaban J connectivity index is 3.76. The summed E-state index contributed by atoms with van der Waals surface area (Å²) in [6, 6.07) is 0. The zero-order chi connectivity index (χ0) is 15.6. The van der Waals surface area contributed by atoms with Crippen LogP contribution in [0.15, 0.2) is 0 Å². The standard InChI is InChI=1S/C14H31NO4S/c1-5-6-7-8-9-10-11-12-13-15(3,4)14(2)19-20(16,17)18/h14H,5-13H2,1-4H3/p+1. The molecular formula is C14H32NO4S+. The summed E-state index contributed by atoms with van der Waals surface area (Å²) in [4.78, 5) is 0. The first-order chi connectivity index (χ1) is 9.19. The van der Waals surface area contributed by atoms with Crippen molar-refractivity contribution in [1.29, 1.82) is 0 Å². The van der Waals surface area contributed by atoms with Crippen LogP contribution in [0.4, 0.5) is 0 Å². The van der Waals surface area contributed by atoms with Gasteiger partial charge in [0, 0.05) is 6.92 Å². The summed E-state index contributed by atoms with van der Waals surface area (Å²) in [6.07, 6.45) is 9.39. The smallest absolute Gasteiger partial charge is 0.303 e. The maximum atomic E-state index is 10.7. The molecule has 122 valence electrons. The van der Waals surface area contributed by atoms with Crippen LogP contribution in [0.5, 0.6) is 0 Å². The summed E-state index contributed by atoms with van der Waals surface area (Å²) < 4.78 is 35.2. The molecule has 0 aliphatic carbocycles. The molecule has 0 aromatic rings. The molecule has 0 aromatic heterocycles. The van der Waals surface area contributed by atoms with Crippen molar-refractivity contribution in [3.8, 4) is 0 Å². The maximum Gasteiger partial charge on any atom is 0.402 e. The second kappa shape index (κ2) is 9.71. The van der Waals surface area contributed by atoms with E-state index < -0.39 is 16.6 Å². The molecule has 1 atom stereocenters. The van der Waals surface area contributed by atoms with E-state index >= 15 is 0 Å².